The molecule has 1 aliphatic rings. The normalized spacial score (nSPS) is 16.1. The van der Waals surface area contributed by atoms with Gasteiger partial charge in [-0.2, -0.15) is 4.98 Å². The van der Waals surface area contributed by atoms with Gasteiger partial charge in [0.2, 0.25) is 0 Å². The second-order valence-corrected chi connectivity index (χ2v) is 3.46. The summed E-state index contributed by atoms with van der Waals surface area (Å²) < 4.78 is 4.91. The van der Waals surface area contributed by atoms with Gasteiger partial charge >= 0.3 is 6.01 Å². The van der Waals surface area contributed by atoms with Gasteiger partial charge in [-0.15, -0.1) is 0 Å². The van der Waals surface area contributed by atoms with Crippen LogP contribution in [0.4, 0.5) is 5.82 Å². The number of halogens is 1. The highest BCUT2D eigenvalue weighted by Gasteiger charge is 2.18. The van der Waals surface area contributed by atoms with Crippen LogP contribution in [0.5, 0.6) is 6.01 Å². The number of hydrogen-bond donors (Lipinski definition) is 2. The molecule has 0 atom stereocenters. The van der Waals surface area contributed by atoms with Crippen molar-refractivity contribution in [3.63, 3.8) is 0 Å². The summed E-state index contributed by atoms with van der Waals surface area (Å²) in [5.74, 6) is 0.630. The lowest BCUT2D eigenvalue weighted by Gasteiger charge is -2.28. The van der Waals surface area contributed by atoms with Crippen LogP contribution in [0.1, 0.15) is 0 Å². The highest BCUT2D eigenvalue weighted by atomic mass is 35.5. The Bertz CT molecular complexity index is 329. The van der Waals surface area contributed by atoms with Crippen LogP contribution in [0.15, 0.2) is 6.20 Å². The number of aromatic nitrogens is 2. The summed E-state index contributed by atoms with van der Waals surface area (Å²) in [5, 5.41) is 6.86. The Balaban J connectivity index is 2.13. The lowest BCUT2D eigenvalue weighted by atomic mass is 10.2. The van der Waals surface area contributed by atoms with E-state index >= 15 is 0 Å². The highest BCUT2D eigenvalue weighted by Crippen LogP contribution is 2.21. The van der Waals surface area contributed by atoms with Gasteiger partial charge in [0.25, 0.3) is 0 Å². The third-order valence-electron chi connectivity index (χ3n) is 2.03. The zero-order chi connectivity index (χ0) is 9.97. The van der Waals surface area contributed by atoms with Crippen LogP contribution in [0.25, 0.3) is 0 Å². The van der Waals surface area contributed by atoms with Gasteiger partial charge < -0.3 is 15.4 Å². The molecule has 0 bridgehead atoms. The van der Waals surface area contributed by atoms with E-state index in [9.17, 15) is 0 Å². The van der Waals surface area contributed by atoms with Crippen molar-refractivity contribution in [2.45, 2.75) is 6.04 Å². The van der Waals surface area contributed by atoms with E-state index in [1.54, 1.807) is 0 Å². The van der Waals surface area contributed by atoms with Crippen molar-refractivity contribution in [1.29, 1.82) is 0 Å². The molecule has 1 aliphatic heterocycles. The van der Waals surface area contributed by atoms with Crippen LogP contribution in [-0.2, 0) is 0 Å². The van der Waals surface area contributed by atoms with Gasteiger partial charge in [0.1, 0.15) is 5.02 Å². The molecular formula is C8H11ClN4O. The fourth-order valence-electron chi connectivity index (χ4n) is 1.13. The second-order valence-electron chi connectivity index (χ2n) is 3.05. The summed E-state index contributed by atoms with van der Waals surface area (Å²) in [6.45, 7) is 1.87. The van der Waals surface area contributed by atoms with E-state index in [1.165, 1.54) is 13.3 Å². The molecule has 6 heteroatoms. The van der Waals surface area contributed by atoms with Gasteiger partial charge in [-0.05, 0) is 0 Å². The number of ether oxygens (including phenoxy) is 1. The average Bonchev–Trinajstić information content (AvgIpc) is 2.14. The molecule has 2 rings (SSSR count). The Morgan fingerprint density at radius 2 is 2.43 bits per heavy atom. The van der Waals surface area contributed by atoms with Gasteiger partial charge in [-0.25, -0.2) is 4.98 Å². The summed E-state index contributed by atoms with van der Waals surface area (Å²) in [6, 6.07) is 0.719. The molecule has 1 saturated heterocycles. The van der Waals surface area contributed by atoms with Crippen LogP contribution in [-0.4, -0.2) is 36.2 Å². The van der Waals surface area contributed by atoms with Crippen LogP contribution >= 0.6 is 11.6 Å². The maximum absolute atomic E-state index is 5.91. The fraction of sp³-hybridized carbons (Fsp3) is 0.500. The molecule has 2 heterocycles. The standard InChI is InChI=1S/C8H11ClN4O/c1-14-8-11-4-6(9)7(13-8)12-5-2-10-3-5/h4-5,10H,2-3H2,1H3,(H,11,12,13). The SMILES string of the molecule is COc1ncc(Cl)c(NC2CNC2)n1. The smallest absolute Gasteiger partial charge is 0.318 e. The maximum atomic E-state index is 5.91. The third-order valence-corrected chi connectivity index (χ3v) is 2.30. The Kier molecular flexibility index (Phi) is 2.69. The molecule has 0 saturated carbocycles. The molecule has 76 valence electrons. The summed E-state index contributed by atoms with van der Waals surface area (Å²) in [4.78, 5) is 8.00. The average molecular weight is 215 g/mol. The van der Waals surface area contributed by atoms with Crippen molar-refractivity contribution in [3.8, 4) is 6.01 Å². The second kappa shape index (κ2) is 3.98. The first-order valence-electron chi connectivity index (χ1n) is 4.33. The first-order valence-corrected chi connectivity index (χ1v) is 4.71. The van der Waals surface area contributed by atoms with E-state index in [4.69, 9.17) is 16.3 Å². The fourth-order valence-corrected chi connectivity index (χ4v) is 1.28. The molecule has 1 aromatic rings. The van der Waals surface area contributed by atoms with E-state index in [0.717, 1.165) is 13.1 Å². The Morgan fingerprint density at radius 1 is 1.64 bits per heavy atom. The van der Waals surface area contributed by atoms with E-state index in [1.807, 2.05) is 0 Å². The van der Waals surface area contributed by atoms with Crippen LogP contribution < -0.4 is 15.4 Å². The number of hydrogen-bond acceptors (Lipinski definition) is 5. The lowest BCUT2D eigenvalue weighted by Crippen LogP contribution is -2.51. The number of nitrogens with one attached hydrogen (secondary N) is 2. The third kappa shape index (κ3) is 1.88. The van der Waals surface area contributed by atoms with E-state index in [-0.39, 0.29) is 0 Å². The van der Waals surface area contributed by atoms with E-state index in [0.29, 0.717) is 22.9 Å². The molecule has 0 spiro atoms. The van der Waals surface area contributed by atoms with Gasteiger partial charge in [-0.3, -0.25) is 0 Å². The summed E-state index contributed by atoms with van der Waals surface area (Å²) in [7, 11) is 1.53. The minimum absolute atomic E-state index is 0.323. The molecular weight excluding hydrogens is 204 g/mol. The van der Waals surface area contributed by atoms with Crippen LogP contribution in [0.2, 0.25) is 5.02 Å². The van der Waals surface area contributed by atoms with Gasteiger partial charge in [0, 0.05) is 13.1 Å². The Morgan fingerprint density at radius 3 is 3.00 bits per heavy atom. The zero-order valence-electron chi connectivity index (χ0n) is 7.75. The molecule has 0 amide bonds. The molecule has 0 radical (unpaired) electrons. The molecule has 14 heavy (non-hydrogen) atoms. The number of anilines is 1. The molecule has 0 aromatic carbocycles. The monoisotopic (exact) mass is 214 g/mol. The molecule has 0 unspecified atom stereocenters. The molecule has 2 N–H and O–H groups in total. The quantitative estimate of drug-likeness (QED) is 0.769. The van der Waals surface area contributed by atoms with Crippen molar-refractivity contribution in [2.75, 3.05) is 25.5 Å². The largest absolute Gasteiger partial charge is 0.467 e. The van der Waals surface area contributed by atoms with Crippen molar-refractivity contribution < 1.29 is 4.74 Å². The minimum atomic E-state index is 0.323. The number of nitrogens with zero attached hydrogens (tertiary/aromatic N) is 2. The van der Waals surface area contributed by atoms with E-state index in [2.05, 4.69) is 20.6 Å². The highest BCUT2D eigenvalue weighted by molar-refractivity contribution is 6.32. The molecule has 0 aliphatic carbocycles. The predicted octanol–water partition coefficient (Wildman–Crippen LogP) is 0.522. The van der Waals surface area contributed by atoms with Gasteiger partial charge in [-0.1, -0.05) is 11.6 Å². The molecule has 1 fully saturated rings. The minimum Gasteiger partial charge on any atom is -0.467 e. The summed E-state index contributed by atoms with van der Waals surface area (Å²) >= 11 is 5.91. The van der Waals surface area contributed by atoms with Crippen LogP contribution in [0, 0.1) is 0 Å². The molecule has 1 aromatic heterocycles. The van der Waals surface area contributed by atoms with Crippen LogP contribution in [0.3, 0.4) is 0 Å². The topological polar surface area (TPSA) is 59.1 Å². The Labute approximate surface area is 86.8 Å². The maximum Gasteiger partial charge on any atom is 0.318 e. The first kappa shape index (κ1) is 9.48. The predicted molar refractivity (Wildman–Crippen MR) is 53.9 cm³/mol. The Hall–Kier alpha value is -1.07. The number of methoxy groups -OCH3 is 1. The lowest BCUT2D eigenvalue weighted by molar-refractivity contribution is 0.379. The molecule has 5 nitrogen and oxygen atoms in total. The van der Waals surface area contributed by atoms with Gasteiger partial charge in [0.05, 0.1) is 19.3 Å². The van der Waals surface area contributed by atoms with Crippen molar-refractivity contribution >= 4 is 17.4 Å². The van der Waals surface area contributed by atoms with Crippen molar-refractivity contribution in [3.05, 3.63) is 11.2 Å². The van der Waals surface area contributed by atoms with E-state index < -0.39 is 0 Å². The number of rotatable bonds is 3. The summed E-state index contributed by atoms with van der Waals surface area (Å²) in [5.41, 5.74) is 0. The summed E-state index contributed by atoms with van der Waals surface area (Å²) in [6.07, 6.45) is 1.53. The zero-order valence-corrected chi connectivity index (χ0v) is 8.51. The van der Waals surface area contributed by atoms with Crippen molar-refractivity contribution in [1.82, 2.24) is 15.3 Å². The van der Waals surface area contributed by atoms with Crippen molar-refractivity contribution in [2.24, 2.45) is 0 Å². The first-order chi connectivity index (χ1) is 6.79. The van der Waals surface area contributed by atoms with Gasteiger partial charge in [0.15, 0.2) is 5.82 Å².